The monoisotopic (exact) mass is 246 g/mol. The summed E-state index contributed by atoms with van der Waals surface area (Å²) in [5.74, 6) is -0.419. The van der Waals surface area contributed by atoms with Crippen molar-refractivity contribution in [3.63, 3.8) is 0 Å². The van der Waals surface area contributed by atoms with E-state index in [-0.39, 0.29) is 0 Å². The average molecular weight is 246 g/mol. The zero-order valence-corrected chi connectivity index (χ0v) is 11.2. The zero-order chi connectivity index (χ0) is 13.6. The third-order valence-electron chi connectivity index (χ3n) is 3.29. The second kappa shape index (κ2) is 6.39. The van der Waals surface area contributed by atoms with E-state index in [9.17, 15) is 9.90 Å². The number of hydrogen-bond donors (Lipinski definition) is 1. The van der Waals surface area contributed by atoms with Gasteiger partial charge in [-0.1, -0.05) is 50.3 Å². The summed E-state index contributed by atoms with van der Waals surface area (Å²) in [7, 11) is 0. The number of benzene rings is 1. The predicted molar refractivity (Wildman–Crippen MR) is 74.5 cm³/mol. The van der Waals surface area contributed by atoms with Gasteiger partial charge in [-0.15, -0.1) is 6.58 Å². The molecule has 0 spiro atoms. The van der Waals surface area contributed by atoms with Gasteiger partial charge < -0.3 is 5.11 Å². The van der Waals surface area contributed by atoms with Crippen molar-refractivity contribution in [2.24, 2.45) is 11.3 Å². The summed E-state index contributed by atoms with van der Waals surface area (Å²) in [4.78, 5) is 11.5. The highest BCUT2D eigenvalue weighted by molar-refractivity contribution is 5.77. The molecule has 0 aliphatic carbocycles. The molecule has 1 rings (SSSR count). The van der Waals surface area contributed by atoms with Crippen LogP contribution in [0.25, 0.3) is 0 Å². The van der Waals surface area contributed by atoms with Gasteiger partial charge in [-0.2, -0.15) is 0 Å². The number of carboxylic acid groups (broad SMARTS) is 1. The van der Waals surface area contributed by atoms with Crippen molar-refractivity contribution in [1.29, 1.82) is 0 Å². The van der Waals surface area contributed by atoms with Crippen LogP contribution < -0.4 is 0 Å². The Bertz CT molecular complexity index is 395. The van der Waals surface area contributed by atoms with Gasteiger partial charge in [0.25, 0.3) is 0 Å². The van der Waals surface area contributed by atoms with Gasteiger partial charge in [0, 0.05) is 0 Å². The summed E-state index contributed by atoms with van der Waals surface area (Å²) >= 11 is 0. The maximum atomic E-state index is 11.5. The van der Waals surface area contributed by atoms with Crippen LogP contribution >= 0.6 is 0 Å². The molecule has 0 heterocycles. The molecule has 0 fully saturated rings. The van der Waals surface area contributed by atoms with Crippen molar-refractivity contribution < 1.29 is 9.90 Å². The minimum atomic E-state index is -0.802. The van der Waals surface area contributed by atoms with Crippen molar-refractivity contribution in [3.05, 3.63) is 48.6 Å². The normalized spacial score (nSPS) is 14.2. The van der Waals surface area contributed by atoms with Gasteiger partial charge >= 0.3 is 5.97 Å². The summed E-state index contributed by atoms with van der Waals surface area (Å²) in [5.41, 5.74) is 0.373. The Labute approximate surface area is 109 Å². The minimum absolute atomic E-state index is 0.342. The quantitative estimate of drug-likeness (QED) is 0.740. The first-order valence-electron chi connectivity index (χ1n) is 6.41. The lowest BCUT2D eigenvalue weighted by molar-refractivity contribution is -0.147. The topological polar surface area (TPSA) is 37.3 Å². The molecular formula is C16H22O2. The molecule has 0 aliphatic heterocycles. The summed E-state index contributed by atoms with van der Waals surface area (Å²) < 4.78 is 0. The van der Waals surface area contributed by atoms with Crippen LogP contribution in [0.5, 0.6) is 0 Å². The third kappa shape index (κ3) is 3.73. The molecule has 0 aromatic heterocycles. The Morgan fingerprint density at radius 3 is 2.44 bits per heavy atom. The number of hydrogen-bond acceptors (Lipinski definition) is 1. The van der Waals surface area contributed by atoms with Crippen molar-refractivity contribution in [3.8, 4) is 0 Å². The summed E-state index contributed by atoms with van der Waals surface area (Å²) in [6, 6.07) is 9.99. The van der Waals surface area contributed by atoms with Gasteiger partial charge in [0.1, 0.15) is 0 Å². The van der Waals surface area contributed by atoms with Gasteiger partial charge in [0.2, 0.25) is 0 Å². The van der Waals surface area contributed by atoms with Crippen molar-refractivity contribution in [1.82, 2.24) is 0 Å². The SMILES string of the molecule is C=CC(CCc1ccccc1)(CC(C)C)C(=O)O. The zero-order valence-electron chi connectivity index (χ0n) is 11.2. The van der Waals surface area contributed by atoms with E-state index >= 15 is 0 Å². The Kier molecular flexibility index (Phi) is 5.14. The molecule has 18 heavy (non-hydrogen) atoms. The van der Waals surface area contributed by atoms with Crippen LogP contribution in [0.2, 0.25) is 0 Å². The first-order chi connectivity index (χ1) is 8.50. The fourth-order valence-electron chi connectivity index (χ4n) is 2.31. The molecular weight excluding hydrogens is 224 g/mol. The van der Waals surface area contributed by atoms with E-state index in [1.54, 1.807) is 6.08 Å². The molecule has 0 radical (unpaired) electrons. The van der Waals surface area contributed by atoms with E-state index in [2.05, 4.69) is 6.58 Å². The first kappa shape index (κ1) is 14.5. The van der Waals surface area contributed by atoms with Gasteiger partial charge in [-0.25, -0.2) is 0 Å². The summed E-state index contributed by atoms with van der Waals surface area (Å²) in [6.07, 6.45) is 3.62. The van der Waals surface area contributed by atoms with E-state index < -0.39 is 11.4 Å². The Hall–Kier alpha value is -1.57. The van der Waals surface area contributed by atoms with E-state index in [0.29, 0.717) is 18.8 Å². The van der Waals surface area contributed by atoms with Crippen molar-refractivity contribution >= 4 is 5.97 Å². The number of rotatable bonds is 7. The molecule has 2 heteroatoms. The minimum Gasteiger partial charge on any atom is -0.481 e. The molecule has 2 nitrogen and oxygen atoms in total. The lowest BCUT2D eigenvalue weighted by Crippen LogP contribution is -2.31. The van der Waals surface area contributed by atoms with Crippen molar-refractivity contribution in [2.75, 3.05) is 0 Å². The van der Waals surface area contributed by atoms with Crippen LogP contribution in [-0.2, 0) is 11.2 Å². The van der Waals surface area contributed by atoms with Crippen LogP contribution in [0.15, 0.2) is 43.0 Å². The summed E-state index contributed by atoms with van der Waals surface area (Å²) in [5, 5.41) is 9.48. The van der Waals surface area contributed by atoms with E-state index in [0.717, 1.165) is 6.42 Å². The largest absolute Gasteiger partial charge is 0.481 e. The Balaban J connectivity index is 2.79. The second-order valence-electron chi connectivity index (χ2n) is 5.25. The molecule has 0 amide bonds. The van der Waals surface area contributed by atoms with Crippen LogP contribution in [0.3, 0.4) is 0 Å². The standard InChI is InChI=1S/C16H22O2/c1-4-16(15(17)18,12-13(2)3)11-10-14-8-6-5-7-9-14/h4-9,13H,1,10-12H2,2-3H3,(H,17,18). The second-order valence-corrected chi connectivity index (χ2v) is 5.25. The number of carboxylic acids is 1. The van der Waals surface area contributed by atoms with Crippen LogP contribution in [0.1, 0.15) is 32.3 Å². The highest BCUT2D eigenvalue weighted by Gasteiger charge is 2.35. The number of aryl methyl sites for hydroxylation is 1. The first-order valence-corrected chi connectivity index (χ1v) is 6.41. The molecule has 1 aromatic rings. The van der Waals surface area contributed by atoms with E-state index in [1.165, 1.54) is 5.56 Å². The van der Waals surface area contributed by atoms with Gasteiger partial charge in [-0.3, -0.25) is 4.79 Å². The van der Waals surface area contributed by atoms with Crippen LogP contribution in [0, 0.1) is 11.3 Å². The molecule has 98 valence electrons. The highest BCUT2D eigenvalue weighted by Crippen LogP contribution is 2.33. The lowest BCUT2D eigenvalue weighted by atomic mass is 9.76. The predicted octanol–water partition coefficient (Wildman–Crippen LogP) is 3.92. The average Bonchev–Trinajstić information content (AvgIpc) is 2.35. The molecule has 1 unspecified atom stereocenters. The van der Waals surface area contributed by atoms with Gasteiger partial charge in [0.15, 0.2) is 0 Å². The van der Waals surface area contributed by atoms with Gasteiger partial charge in [0.05, 0.1) is 5.41 Å². The van der Waals surface area contributed by atoms with E-state index in [4.69, 9.17) is 0 Å². The molecule has 0 aliphatic rings. The number of carbonyl (C=O) groups is 1. The Morgan fingerprint density at radius 2 is 2.00 bits per heavy atom. The molecule has 1 aromatic carbocycles. The fraction of sp³-hybridized carbons (Fsp3) is 0.438. The molecule has 0 saturated carbocycles. The molecule has 0 saturated heterocycles. The lowest BCUT2D eigenvalue weighted by Gasteiger charge is -2.27. The fourth-order valence-corrected chi connectivity index (χ4v) is 2.31. The Morgan fingerprint density at radius 1 is 1.39 bits per heavy atom. The van der Waals surface area contributed by atoms with Crippen molar-refractivity contribution in [2.45, 2.75) is 33.1 Å². The maximum Gasteiger partial charge on any atom is 0.313 e. The van der Waals surface area contributed by atoms with E-state index in [1.807, 2.05) is 44.2 Å². The van der Waals surface area contributed by atoms with Gasteiger partial charge in [-0.05, 0) is 30.7 Å². The van der Waals surface area contributed by atoms with Crippen LogP contribution in [0.4, 0.5) is 0 Å². The number of aliphatic carboxylic acids is 1. The maximum absolute atomic E-state index is 11.5. The molecule has 1 atom stereocenters. The smallest absolute Gasteiger partial charge is 0.313 e. The molecule has 1 N–H and O–H groups in total. The third-order valence-corrected chi connectivity index (χ3v) is 3.29. The summed E-state index contributed by atoms with van der Waals surface area (Å²) in [6.45, 7) is 7.83. The van der Waals surface area contributed by atoms with Crippen LogP contribution in [-0.4, -0.2) is 11.1 Å². The molecule has 0 bridgehead atoms. The highest BCUT2D eigenvalue weighted by atomic mass is 16.4.